The molecule has 0 heterocycles. The van der Waals surface area contributed by atoms with Crippen LogP contribution in [0, 0.1) is 0 Å². The smallest absolute Gasteiger partial charge is 0.321 e. The van der Waals surface area contributed by atoms with E-state index in [1.807, 2.05) is 6.07 Å². The van der Waals surface area contributed by atoms with Crippen molar-refractivity contribution in [1.82, 2.24) is 10.6 Å². The molecule has 130 valence electrons. The Balaban J connectivity index is 2.12. The van der Waals surface area contributed by atoms with Gasteiger partial charge in [0.25, 0.3) is 5.91 Å². The molecule has 2 rings (SSSR count). The van der Waals surface area contributed by atoms with Gasteiger partial charge in [-0.15, -0.1) is 0 Å². The van der Waals surface area contributed by atoms with Gasteiger partial charge >= 0.3 is 12.0 Å². The van der Waals surface area contributed by atoms with Gasteiger partial charge in [-0.05, 0) is 30.5 Å². The number of halogens is 1. The standard InChI is InChI=1S/C17H21ClN2O4/c1-19-16(23)20-14(21)11-24-15(22)17(8-3-2-4-9-17)12-6-5-7-13(18)10-12/h5-7,10H,2-4,8-9,11H2,1H3,(H2,19,20,21,23). The first-order chi connectivity index (χ1) is 11.5. The highest BCUT2D eigenvalue weighted by Crippen LogP contribution is 2.41. The molecule has 0 spiro atoms. The van der Waals surface area contributed by atoms with Gasteiger partial charge < -0.3 is 10.1 Å². The minimum Gasteiger partial charge on any atom is -0.455 e. The van der Waals surface area contributed by atoms with Crippen LogP contribution in [0.2, 0.25) is 5.02 Å². The number of hydrogen-bond acceptors (Lipinski definition) is 4. The molecule has 1 aliphatic carbocycles. The van der Waals surface area contributed by atoms with Gasteiger partial charge in [-0.3, -0.25) is 14.9 Å². The van der Waals surface area contributed by atoms with Crippen LogP contribution in [0.5, 0.6) is 0 Å². The van der Waals surface area contributed by atoms with Gasteiger partial charge in [0.05, 0.1) is 5.41 Å². The van der Waals surface area contributed by atoms with Crippen molar-refractivity contribution in [3.8, 4) is 0 Å². The number of amides is 3. The van der Waals surface area contributed by atoms with Crippen LogP contribution in [0.1, 0.15) is 37.7 Å². The molecular weight excluding hydrogens is 332 g/mol. The van der Waals surface area contributed by atoms with E-state index in [-0.39, 0.29) is 0 Å². The maximum atomic E-state index is 12.7. The molecule has 0 aromatic heterocycles. The molecule has 1 fully saturated rings. The van der Waals surface area contributed by atoms with Crippen LogP contribution in [-0.4, -0.2) is 31.6 Å². The molecule has 2 N–H and O–H groups in total. The van der Waals surface area contributed by atoms with Gasteiger partial charge in [0.15, 0.2) is 6.61 Å². The molecule has 0 unspecified atom stereocenters. The quantitative estimate of drug-likeness (QED) is 0.815. The lowest BCUT2D eigenvalue weighted by molar-refractivity contribution is -0.155. The van der Waals surface area contributed by atoms with Gasteiger partial charge in [0, 0.05) is 12.1 Å². The molecule has 1 aromatic rings. The molecule has 0 saturated heterocycles. The number of urea groups is 1. The van der Waals surface area contributed by atoms with Crippen LogP contribution in [0.4, 0.5) is 4.79 Å². The first-order valence-electron chi connectivity index (χ1n) is 7.93. The minimum absolute atomic E-state index is 0.448. The van der Waals surface area contributed by atoms with Crippen LogP contribution in [-0.2, 0) is 19.7 Å². The van der Waals surface area contributed by atoms with Crippen LogP contribution in [0.25, 0.3) is 0 Å². The van der Waals surface area contributed by atoms with E-state index < -0.39 is 29.9 Å². The number of hydrogen-bond donors (Lipinski definition) is 2. The summed E-state index contributed by atoms with van der Waals surface area (Å²) in [5.41, 5.74) is 0.0302. The van der Waals surface area contributed by atoms with E-state index in [1.165, 1.54) is 7.05 Å². The third kappa shape index (κ3) is 4.26. The number of rotatable bonds is 4. The third-order valence-corrected chi connectivity index (χ3v) is 4.52. The Morgan fingerprint density at radius 1 is 1.21 bits per heavy atom. The minimum atomic E-state index is -0.781. The molecule has 0 aliphatic heterocycles. The highest BCUT2D eigenvalue weighted by atomic mass is 35.5. The summed E-state index contributed by atoms with van der Waals surface area (Å²) in [5, 5.41) is 4.88. The lowest BCUT2D eigenvalue weighted by Crippen LogP contribution is -2.43. The summed E-state index contributed by atoms with van der Waals surface area (Å²) in [7, 11) is 1.39. The highest BCUT2D eigenvalue weighted by Gasteiger charge is 2.42. The number of esters is 1. The summed E-state index contributed by atoms with van der Waals surface area (Å²) in [4.78, 5) is 35.5. The predicted octanol–water partition coefficient (Wildman–Crippen LogP) is 2.54. The molecule has 1 saturated carbocycles. The summed E-state index contributed by atoms with van der Waals surface area (Å²) in [5.74, 6) is -1.11. The van der Waals surface area contributed by atoms with Gasteiger partial charge in [-0.2, -0.15) is 0 Å². The average molecular weight is 353 g/mol. The third-order valence-electron chi connectivity index (χ3n) is 4.29. The normalized spacial score (nSPS) is 16.1. The summed E-state index contributed by atoms with van der Waals surface area (Å²) in [6.07, 6.45) is 4.19. The Labute approximate surface area is 145 Å². The maximum absolute atomic E-state index is 12.7. The molecule has 1 aromatic carbocycles. The number of benzene rings is 1. The van der Waals surface area contributed by atoms with E-state index in [1.54, 1.807) is 18.2 Å². The Hall–Kier alpha value is -2.08. The Kier molecular flexibility index (Phi) is 6.20. The monoisotopic (exact) mass is 352 g/mol. The van der Waals surface area contributed by atoms with Gasteiger partial charge in [0.1, 0.15) is 0 Å². The van der Waals surface area contributed by atoms with E-state index in [9.17, 15) is 14.4 Å². The van der Waals surface area contributed by atoms with Crippen molar-refractivity contribution in [2.75, 3.05) is 13.7 Å². The molecule has 7 heteroatoms. The average Bonchev–Trinajstić information content (AvgIpc) is 2.60. The lowest BCUT2D eigenvalue weighted by Gasteiger charge is -2.35. The van der Waals surface area contributed by atoms with Crippen molar-refractivity contribution in [3.63, 3.8) is 0 Å². The summed E-state index contributed by atoms with van der Waals surface area (Å²) >= 11 is 6.07. The van der Waals surface area contributed by atoms with E-state index in [2.05, 4.69) is 10.6 Å². The Morgan fingerprint density at radius 2 is 1.92 bits per heavy atom. The van der Waals surface area contributed by atoms with Gasteiger partial charge in [0.2, 0.25) is 0 Å². The van der Waals surface area contributed by atoms with E-state index in [4.69, 9.17) is 16.3 Å². The second kappa shape index (κ2) is 8.15. The van der Waals surface area contributed by atoms with Crippen molar-refractivity contribution in [2.24, 2.45) is 0 Å². The number of nitrogens with one attached hydrogen (secondary N) is 2. The number of carbonyl (C=O) groups excluding carboxylic acids is 3. The zero-order valence-corrected chi connectivity index (χ0v) is 14.3. The first-order valence-corrected chi connectivity index (χ1v) is 8.30. The number of ether oxygens (including phenoxy) is 1. The molecule has 6 nitrogen and oxygen atoms in total. The Morgan fingerprint density at radius 3 is 2.54 bits per heavy atom. The van der Waals surface area contributed by atoms with Gasteiger partial charge in [-0.1, -0.05) is 43.0 Å². The molecule has 0 radical (unpaired) electrons. The van der Waals surface area contributed by atoms with E-state index in [0.29, 0.717) is 17.9 Å². The van der Waals surface area contributed by atoms with Gasteiger partial charge in [-0.25, -0.2) is 4.79 Å². The first kappa shape index (κ1) is 18.3. The maximum Gasteiger partial charge on any atom is 0.321 e. The van der Waals surface area contributed by atoms with Crippen LogP contribution in [0.3, 0.4) is 0 Å². The molecule has 0 bridgehead atoms. The largest absolute Gasteiger partial charge is 0.455 e. The Bertz CT molecular complexity index is 627. The molecule has 24 heavy (non-hydrogen) atoms. The second-order valence-electron chi connectivity index (χ2n) is 5.86. The van der Waals surface area contributed by atoms with E-state index in [0.717, 1.165) is 24.8 Å². The number of carbonyl (C=O) groups is 3. The topological polar surface area (TPSA) is 84.5 Å². The van der Waals surface area contributed by atoms with Crippen molar-refractivity contribution in [2.45, 2.75) is 37.5 Å². The fraction of sp³-hybridized carbons (Fsp3) is 0.471. The fourth-order valence-electron chi connectivity index (χ4n) is 3.05. The summed E-state index contributed by atoms with van der Waals surface area (Å²) in [6.45, 7) is -0.491. The fourth-order valence-corrected chi connectivity index (χ4v) is 3.24. The zero-order valence-electron chi connectivity index (χ0n) is 13.6. The van der Waals surface area contributed by atoms with Crippen LogP contribution < -0.4 is 10.6 Å². The lowest BCUT2D eigenvalue weighted by atomic mass is 9.69. The highest BCUT2D eigenvalue weighted by molar-refractivity contribution is 6.30. The molecule has 3 amide bonds. The number of imide groups is 1. The molecule has 0 atom stereocenters. The van der Waals surface area contributed by atoms with Crippen LogP contribution in [0.15, 0.2) is 24.3 Å². The zero-order chi connectivity index (χ0) is 17.6. The SMILES string of the molecule is CNC(=O)NC(=O)COC(=O)C1(c2cccc(Cl)c2)CCCCC1. The van der Waals surface area contributed by atoms with Crippen molar-refractivity contribution < 1.29 is 19.1 Å². The predicted molar refractivity (Wildman–Crippen MR) is 89.8 cm³/mol. The van der Waals surface area contributed by atoms with Crippen molar-refractivity contribution >= 4 is 29.5 Å². The molecule has 1 aliphatic rings. The van der Waals surface area contributed by atoms with Crippen molar-refractivity contribution in [3.05, 3.63) is 34.9 Å². The summed E-state index contributed by atoms with van der Waals surface area (Å²) in [6, 6.07) is 6.56. The molecular formula is C17H21ClN2O4. The van der Waals surface area contributed by atoms with Crippen molar-refractivity contribution in [1.29, 1.82) is 0 Å². The summed E-state index contributed by atoms with van der Waals surface area (Å²) < 4.78 is 5.21. The van der Waals surface area contributed by atoms with E-state index >= 15 is 0 Å². The van der Waals surface area contributed by atoms with Crippen LogP contribution >= 0.6 is 11.6 Å². The second-order valence-corrected chi connectivity index (χ2v) is 6.29.